The van der Waals surface area contributed by atoms with E-state index in [1.54, 1.807) is 35.2 Å². The smallest absolute Gasteiger partial charge is 0.330 e. The van der Waals surface area contributed by atoms with E-state index >= 15 is 0 Å². The highest BCUT2D eigenvalue weighted by molar-refractivity contribution is 5.87. The van der Waals surface area contributed by atoms with Crippen molar-refractivity contribution in [1.29, 1.82) is 0 Å². The van der Waals surface area contributed by atoms with Crippen molar-refractivity contribution in [3.8, 4) is 0 Å². The predicted octanol–water partition coefficient (Wildman–Crippen LogP) is 1.58. The van der Waals surface area contributed by atoms with E-state index in [9.17, 15) is 19.5 Å². The summed E-state index contributed by atoms with van der Waals surface area (Å²) in [4.78, 5) is 38.0. The summed E-state index contributed by atoms with van der Waals surface area (Å²) in [6, 6.07) is 7.59. The molecule has 2 atom stereocenters. The van der Waals surface area contributed by atoms with Crippen molar-refractivity contribution >= 4 is 17.8 Å². The van der Waals surface area contributed by atoms with Crippen LogP contribution >= 0.6 is 0 Å². The zero-order chi connectivity index (χ0) is 17.1. The second-order valence-corrected chi connectivity index (χ2v) is 6.59. The van der Waals surface area contributed by atoms with Crippen LogP contribution < -0.4 is 5.32 Å². The fourth-order valence-corrected chi connectivity index (χ4v) is 3.17. The first-order valence-corrected chi connectivity index (χ1v) is 8.43. The van der Waals surface area contributed by atoms with Crippen LogP contribution in [0.1, 0.15) is 37.3 Å². The lowest BCUT2D eigenvalue weighted by molar-refractivity contribution is -0.144. The van der Waals surface area contributed by atoms with E-state index in [-0.39, 0.29) is 23.7 Å². The van der Waals surface area contributed by atoms with Crippen molar-refractivity contribution in [2.45, 2.75) is 31.7 Å². The lowest BCUT2D eigenvalue weighted by atomic mass is 9.95. The van der Waals surface area contributed by atoms with Gasteiger partial charge in [0.25, 0.3) is 0 Å². The molecule has 2 N–H and O–H groups in total. The molecule has 0 bridgehead atoms. The Balaban J connectivity index is 1.64. The summed E-state index contributed by atoms with van der Waals surface area (Å²) in [7, 11) is 0. The number of carbonyl (C=O) groups is 3. The Labute approximate surface area is 140 Å². The number of carbonyl (C=O) groups excluding carboxylic acids is 2. The van der Waals surface area contributed by atoms with Gasteiger partial charge in [-0.2, -0.15) is 0 Å². The maximum absolute atomic E-state index is 12.5. The van der Waals surface area contributed by atoms with E-state index in [1.165, 1.54) is 0 Å². The summed E-state index contributed by atoms with van der Waals surface area (Å²) in [5.74, 6) is -1.43. The second kappa shape index (κ2) is 7.03. The standard InChI is InChI=1S/C18H22N2O4/c21-16(19-15(18(23)24)12-5-2-1-3-6-12)14-7-4-10-20(11-14)17(22)13-8-9-13/h1-3,5-6,13-15H,4,7-11H2,(H,19,21)(H,23,24)/t14?,15-/m1/s1. The Bertz CT molecular complexity index is 627. The molecule has 24 heavy (non-hydrogen) atoms. The van der Waals surface area contributed by atoms with Crippen molar-refractivity contribution in [2.24, 2.45) is 11.8 Å². The summed E-state index contributed by atoms with van der Waals surface area (Å²) in [6.07, 6.45) is 3.35. The normalized spacial score (nSPS) is 21.8. The topological polar surface area (TPSA) is 86.7 Å². The van der Waals surface area contributed by atoms with E-state index in [1.807, 2.05) is 0 Å². The predicted molar refractivity (Wildman–Crippen MR) is 87.0 cm³/mol. The van der Waals surface area contributed by atoms with E-state index in [0.29, 0.717) is 25.1 Å². The Kier molecular flexibility index (Phi) is 4.83. The average Bonchev–Trinajstić information content (AvgIpc) is 3.44. The monoisotopic (exact) mass is 330 g/mol. The van der Waals surface area contributed by atoms with E-state index in [4.69, 9.17) is 0 Å². The number of nitrogens with one attached hydrogen (secondary N) is 1. The van der Waals surface area contributed by atoms with E-state index in [2.05, 4.69) is 5.32 Å². The number of piperidine rings is 1. The van der Waals surface area contributed by atoms with Crippen molar-refractivity contribution in [3.63, 3.8) is 0 Å². The van der Waals surface area contributed by atoms with Crippen LogP contribution in [0.15, 0.2) is 30.3 Å². The van der Waals surface area contributed by atoms with Gasteiger partial charge in [-0.15, -0.1) is 0 Å². The second-order valence-electron chi connectivity index (χ2n) is 6.59. The van der Waals surface area contributed by atoms with Gasteiger partial charge in [0.05, 0.1) is 5.92 Å². The molecule has 6 nitrogen and oxygen atoms in total. The fourth-order valence-electron chi connectivity index (χ4n) is 3.17. The van der Waals surface area contributed by atoms with Crippen LogP contribution in [-0.4, -0.2) is 40.9 Å². The SMILES string of the molecule is O=C(N[C@@H](C(=O)O)c1ccccc1)C1CCCN(C(=O)C2CC2)C1. The van der Waals surface area contributed by atoms with E-state index in [0.717, 1.165) is 19.3 Å². The van der Waals surface area contributed by atoms with Gasteiger partial charge in [-0.3, -0.25) is 9.59 Å². The van der Waals surface area contributed by atoms with Crippen LogP contribution in [0.5, 0.6) is 0 Å². The van der Waals surface area contributed by atoms with Crippen LogP contribution in [0.4, 0.5) is 0 Å². The molecule has 1 aliphatic heterocycles. The van der Waals surface area contributed by atoms with Crippen molar-refractivity contribution in [1.82, 2.24) is 10.2 Å². The van der Waals surface area contributed by atoms with Gasteiger partial charge >= 0.3 is 5.97 Å². The number of aliphatic carboxylic acids is 1. The molecule has 1 aromatic rings. The summed E-state index contributed by atoms with van der Waals surface area (Å²) in [6.45, 7) is 1.09. The van der Waals surface area contributed by atoms with Crippen LogP contribution in [0, 0.1) is 11.8 Å². The number of rotatable bonds is 5. The molecule has 128 valence electrons. The number of carboxylic acids is 1. The van der Waals surface area contributed by atoms with Gasteiger partial charge in [0, 0.05) is 19.0 Å². The number of carboxylic acid groups (broad SMARTS) is 1. The molecule has 1 aromatic carbocycles. The van der Waals surface area contributed by atoms with Crippen LogP contribution in [0.3, 0.4) is 0 Å². The van der Waals surface area contributed by atoms with Crippen LogP contribution in [0.25, 0.3) is 0 Å². The average molecular weight is 330 g/mol. The number of benzene rings is 1. The Hall–Kier alpha value is -2.37. The highest BCUT2D eigenvalue weighted by Gasteiger charge is 2.37. The quantitative estimate of drug-likeness (QED) is 0.858. The lowest BCUT2D eigenvalue weighted by Crippen LogP contribution is -2.47. The Morgan fingerprint density at radius 1 is 1.08 bits per heavy atom. The Morgan fingerprint density at radius 2 is 1.79 bits per heavy atom. The van der Waals surface area contributed by atoms with Gasteiger partial charge in [-0.1, -0.05) is 30.3 Å². The molecule has 1 unspecified atom stereocenters. The summed E-state index contributed by atoms with van der Waals surface area (Å²) < 4.78 is 0. The summed E-state index contributed by atoms with van der Waals surface area (Å²) in [5, 5.41) is 12.0. The molecule has 2 aliphatic rings. The Morgan fingerprint density at radius 3 is 2.42 bits per heavy atom. The van der Waals surface area contributed by atoms with Gasteiger partial charge in [0.1, 0.15) is 0 Å². The zero-order valence-electron chi connectivity index (χ0n) is 13.5. The molecule has 2 amide bonds. The zero-order valence-corrected chi connectivity index (χ0v) is 13.5. The van der Waals surface area contributed by atoms with Gasteiger partial charge in [-0.25, -0.2) is 4.79 Å². The minimum atomic E-state index is -1.09. The molecular weight excluding hydrogens is 308 g/mol. The molecule has 1 heterocycles. The number of nitrogens with zero attached hydrogens (tertiary/aromatic N) is 1. The highest BCUT2D eigenvalue weighted by atomic mass is 16.4. The maximum atomic E-state index is 12.5. The van der Waals surface area contributed by atoms with Crippen molar-refractivity contribution < 1.29 is 19.5 Å². The maximum Gasteiger partial charge on any atom is 0.330 e. The lowest BCUT2D eigenvalue weighted by Gasteiger charge is -2.32. The van der Waals surface area contributed by atoms with Gasteiger partial charge in [0.15, 0.2) is 6.04 Å². The molecule has 0 radical (unpaired) electrons. The van der Waals surface area contributed by atoms with Crippen molar-refractivity contribution in [2.75, 3.05) is 13.1 Å². The van der Waals surface area contributed by atoms with Crippen LogP contribution in [-0.2, 0) is 14.4 Å². The summed E-state index contributed by atoms with van der Waals surface area (Å²) in [5.41, 5.74) is 0.542. The molecule has 6 heteroatoms. The van der Waals surface area contributed by atoms with Gasteiger partial charge < -0.3 is 15.3 Å². The molecule has 1 saturated heterocycles. The number of amides is 2. The summed E-state index contributed by atoms with van der Waals surface area (Å²) >= 11 is 0. The molecule has 0 aromatic heterocycles. The first-order chi connectivity index (χ1) is 11.6. The fraction of sp³-hybridized carbons (Fsp3) is 0.500. The van der Waals surface area contributed by atoms with Crippen molar-refractivity contribution in [3.05, 3.63) is 35.9 Å². The minimum absolute atomic E-state index is 0.142. The van der Waals surface area contributed by atoms with E-state index < -0.39 is 12.0 Å². The third kappa shape index (κ3) is 3.75. The first kappa shape index (κ1) is 16.5. The number of hydrogen-bond acceptors (Lipinski definition) is 3. The minimum Gasteiger partial charge on any atom is -0.479 e. The van der Waals surface area contributed by atoms with Crippen LogP contribution in [0.2, 0.25) is 0 Å². The first-order valence-electron chi connectivity index (χ1n) is 8.43. The molecule has 2 fully saturated rings. The third-order valence-corrected chi connectivity index (χ3v) is 4.70. The largest absolute Gasteiger partial charge is 0.479 e. The highest BCUT2D eigenvalue weighted by Crippen LogP contribution is 2.32. The van der Waals surface area contributed by atoms with Gasteiger partial charge in [-0.05, 0) is 31.2 Å². The molecule has 1 aliphatic carbocycles. The number of likely N-dealkylation sites (tertiary alicyclic amines) is 1. The number of hydrogen-bond donors (Lipinski definition) is 2. The molecular formula is C18H22N2O4. The molecule has 1 saturated carbocycles. The third-order valence-electron chi connectivity index (χ3n) is 4.70. The van der Waals surface area contributed by atoms with Gasteiger partial charge in [0.2, 0.25) is 11.8 Å². The molecule has 3 rings (SSSR count). The molecule has 0 spiro atoms.